The highest BCUT2D eigenvalue weighted by Gasteiger charge is 2.32. The van der Waals surface area contributed by atoms with Crippen LogP contribution in [-0.2, 0) is 16.1 Å². The summed E-state index contributed by atoms with van der Waals surface area (Å²) in [6, 6.07) is 4.86. The number of amides is 2. The Balaban J connectivity index is 1.82. The van der Waals surface area contributed by atoms with Crippen molar-refractivity contribution in [3.63, 3.8) is 0 Å². The van der Waals surface area contributed by atoms with Crippen LogP contribution in [0.5, 0.6) is 0 Å². The van der Waals surface area contributed by atoms with Crippen molar-refractivity contribution in [2.75, 3.05) is 13.1 Å². The van der Waals surface area contributed by atoms with Crippen molar-refractivity contribution in [2.24, 2.45) is 11.3 Å². The van der Waals surface area contributed by atoms with Crippen molar-refractivity contribution in [3.8, 4) is 0 Å². The van der Waals surface area contributed by atoms with Gasteiger partial charge in [-0.05, 0) is 37.0 Å². The third-order valence-electron chi connectivity index (χ3n) is 4.48. The van der Waals surface area contributed by atoms with E-state index in [1.54, 1.807) is 19.1 Å². The van der Waals surface area contributed by atoms with Crippen LogP contribution in [0.3, 0.4) is 0 Å². The maximum absolute atomic E-state index is 13.3. The predicted octanol–water partition coefficient (Wildman–Crippen LogP) is 3.04. The van der Waals surface area contributed by atoms with Crippen LogP contribution < -0.4 is 5.32 Å². The first-order valence-electron chi connectivity index (χ1n) is 8.50. The van der Waals surface area contributed by atoms with Crippen LogP contribution in [0.2, 0.25) is 0 Å². The molecule has 1 aliphatic heterocycles. The van der Waals surface area contributed by atoms with Gasteiger partial charge in [0.05, 0.1) is 0 Å². The minimum atomic E-state index is -0.379. The first-order valence-corrected chi connectivity index (χ1v) is 8.50. The first-order chi connectivity index (χ1) is 11.2. The Morgan fingerprint density at radius 3 is 2.42 bits per heavy atom. The lowest BCUT2D eigenvalue weighted by Gasteiger charge is -2.35. The number of carbonyl (C=O) groups excluding carboxylic acids is 2. The zero-order valence-electron chi connectivity index (χ0n) is 15.0. The van der Waals surface area contributed by atoms with Gasteiger partial charge in [0.25, 0.3) is 0 Å². The van der Waals surface area contributed by atoms with Crippen molar-refractivity contribution in [1.82, 2.24) is 10.2 Å². The number of carbonyl (C=O) groups is 2. The number of benzene rings is 1. The molecule has 2 rings (SSSR count). The molecule has 1 saturated heterocycles. The molecular weight excluding hydrogens is 307 g/mol. The lowest BCUT2D eigenvalue weighted by Crippen LogP contribution is -2.46. The minimum Gasteiger partial charge on any atom is -0.352 e. The van der Waals surface area contributed by atoms with Crippen LogP contribution in [0, 0.1) is 24.1 Å². The highest BCUT2D eigenvalue weighted by atomic mass is 19.1. The molecule has 0 spiro atoms. The van der Waals surface area contributed by atoms with E-state index in [9.17, 15) is 14.0 Å². The number of hydrogen-bond donors (Lipinski definition) is 1. The molecule has 0 aliphatic carbocycles. The molecule has 1 aliphatic rings. The number of nitrogens with one attached hydrogen (secondary N) is 1. The SMILES string of the molecule is Cc1cc(CNC(=O)C2CCN(C(=O)C(C)(C)C)CC2)ccc1F. The quantitative estimate of drug-likeness (QED) is 0.924. The van der Waals surface area contributed by atoms with Gasteiger partial charge >= 0.3 is 0 Å². The van der Waals surface area contributed by atoms with Gasteiger partial charge in [0, 0.05) is 31.0 Å². The van der Waals surface area contributed by atoms with E-state index < -0.39 is 0 Å². The highest BCUT2D eigenvalue weighted by molar-refractivity contribution is 5.82. The molecule has 132 valence electrons. The lowest BCUT2D eigenvalue weighted by molar-refractivity contribution is -0.142. The summed E-state index contributed by atoms with van der Waals surface area (Å²) in [5.41, 5.74) is 1.09. The summed E-state index contributed by atoms with van der Waals surface area (Å²) in [6.45, 7) is 9.12. The molecule has 24 heavy (non-hydrogen) atoms. The predicted molar refractivity (Wildman–Crippen MR) is 91.7 cm³/mol. The Morgan fingerprint density at radius 2 is 1.88 bits per heavy atom. The van der Waals surface area contributed by atoms with E-state index in [2.05, 4.69) is 5.32 Å². The Kier molecular flexibility index (Phi) is 5.62. The van der Waals surface area contributed by atoms with Gasteiger partial charge in [-0.25, -0.2) is 4.39 Å². The van der Waals surface area contributed by atoms with Crippen LogP contribution in [0.4, 0.5) is 4.39 Å². The minimum absolute atomic E-state index is 0.0137. The fourth-order valence-electron chi connectivity index (χ4n) is 2.97. The molecule has 0 saturated carbocycles. The summed E-state index contributed by atoms with van der Waals surface area (Å²) >= 11 is 0. The van der Waals surface area contributed by atoms with Crippen molar-refractivity contribution in [1.29, 1.82) is 0 Å². The number of aryl methyl sites for hydroxylation is 1. The lowest BCUT2D eigenvalue weighted by atomic mass is 9.90. The maximum Gasteiger partial charge on any atom is 0.227 e. The van der Waals surface area contributed by atoms with E-state index in [0.29, 0.717) is 38.0 Å². The standard InChI is InChI=1S/C19H27FN2O2/c1-13-11-14(5-6-16(13)20)12-21-17(23)15-7-9-22(10-8-15)18(24)19(2,3)4/h5-6,11,15H,7-10,12H2,1-4H3,(H,21,23). The van der Waals surface area contributed by atoms with Crippen LogP contribution in [-0.4, -0.2) is 29.8 Å². The van der Waals surface area contributed by atoms with Gasteiger partial charge in [-0.15, -0.1) is 0 Å². The topological polar surface area (TPSA) is 49.4 Å². The Morgan fingerprint density at radius 1 is 1.25 bits per heavy atom. The molecular formula is C19H27FN2O2. The Hall–Kier alpha value is -1.91. The van der Waals surface area contributed by atoms with Gasteiger partial charge < -0.3 is 10.2 Å². The zero-order chi connectivity index (χ0) is 17.9. The molecule has 0 atom stereocenters. The fourth-order valence-corrected chi connectivity index (χ4v) is 2.97. The van der Waals surface area contributed by atoms with E-state index in [-0.39, 0.29) is 29.0 Å². The second-order valence-electron chi connectivity index (χ2n) is 7.62. The summed E-state index contributed by atoms with van der Waals surface area (Å²) in [4.78, 5) is 26.4. The molecule has 0 aromatic heterocycles. The molecule has 2 amide bonds. The summed E-state index contributed by atoms with van der Waals surface area (Å²) in [5, 5.41) is 2.92. The molecule has 5 heteroatoms. The third kappa shape index (κ3) is 4.56. The van der Waals surface area contributed by atoms with Crippen molar-refractivity contribution >= 4 is 11.8 Å². The number of halogens is 1. The fraction of sp³-hybridized carbons (Fsp3) is 0.579. The maximum atomic E-state index is 13.3. The number of likely N-dealkylation sites (tertiary alicyclic amines) is 1. The van der Waals surface area contributed by atoms with E-state index >= 15 is 0 Å². The number of nitrogens with zero attached hydrogens (tertiary/aromatic N) is 1. The normalized spacial score (nSPS) is 16.1. The van der Waals surface area contributed by atoms with Crippen LogP contribution >= 0.6 is 0 Å². The molecule has 0 unspecified atom stereocenters. The van der Waals surface area contributed by atoms with E-state index in [0.717, 1.165) is 5.56 Å². The van der Waals surface area contributed by atoms with Crippen molar-refractivity contribution in [3.05, 3.63) is 35.1 Å². The molecule has 1 aromatic carbocycles. The number of piperidine rings is 1. The Labute approximate surface area is 143 Å². The molecule has 1 aromatic rings. The van der Waals surface area contributed by atoms with Gasteiger partial charge in [0.15, 0.2) is 0 Å². The number of hydrogen-bond acceptors (Lipinski definition) is 2. The Bertz CT molecular complexity index is 614. The van der Waals surface area contributed by atoms with Crippen molar-refractivity contribution in [2.45, 2.75) is 47.1 Å². The largest absolute Gasteiger partial charge is 0.352 e. The summed E-state index contributed by atoms with van der Waals surface area (Å²) in [5.74, 6) is -0.139. The van der Waals surface area contributed by atoms with Crippen LogP contribution in [0.15, 0.2) is 18.2 Å². The van der Waals surface area contributed by atoms with Crippen molar-refractivity contribution < 1.29 is 14.0 Å². The first kappa shape index (κ1) is 18.4. The van der Waals surface area contributed by atoms with Gasteiger partial charge in [0.1, 0.15) is 5.82 Å². The van der Waals surface area contributed by atoms with Gasteiger partial charge in [-0.1, -0.05) is 32.9 Å². The molecule has 1 heterocycles. The third-order valence-corrected chi connectivity index (χ3v) is 4.48. The average Bonchev–Trinajstić information content (AvgIpc) is 2.54. The van der Waals surface area contributed by atoms with E-state index in [4.69, 9.17) is 0 Å². The van der Waals surface area contributed by atoms with Gasteiger partial charge in [-0.3, -0.25) is 9.59 Å². The van der Waals surface area contributed by atoms with Gasteiger partial charge in [0.2, 0.25) is 11.8 Å². The molecule has 1 N–H and O–H groups in total. The summed E-state index contributed by atoms with van der Waals surface area (Å²) in [7, 11) is 0. The monoisotopic (exact) mass is 334 g/mol. The summed E-state index contributed by atoms with van der Waals surface area (Å²) in [6.07, 6.45) is 1.38. The smallest absolute Gasteiger partial charge is 0.227 e. The van der Waals surface area contributed by atoms with E-state index in [1.807, 2.05) is 25.7 Å². The highest BCUT2D eigenvalue weighted by Crippen LogP contribution is 2.23. The zero-order valence-corrected chi connectivity index (χ0v) is 15.0. The van der Waals surface area contributed by atoms with Crippen LogP contribution in [0.25, 0.3) is 0 Å². The number of rotatable bonds is 3. The van der Waals surface area contributed by atoms with Gasteiger partial charge in [-0.2, -0.15) is 0 Å². The molecule has 0 bridgehead atoms. The second-order valence-corrected chi connectivity index (χ2v) is 7.62. The molecule has 4 nitrogen and oxygen atoms in total. The average molecular weight is 334 g/mol. The van der Waals surface area contributed by atoms with E-state index in [1.165, 1.54) is 6.07 Å². The molecule has 1 fully saturated rings. The van der Waals surface area contributed by atoms with Crippen LogP contribution in [0.1, 0.15) is 44.7 Å². The summed E-state index contributed by atoms with van der Waals surface area (Å²) < 4.78 is 13.3. The molecule has 0 radical (unpaired) electrons. The second kappa shape index (κ2) is 7.32.